The van der Waals surface area contributed by atoms with E-state index >= 15 is 0 Å². The van der Waals surface area contributed by atoms with Gasteiger partial charge in [0.2, 0.25) is 0 Å². The molecular formula is C24H38O4. The monoisotopic (exact) mass is 390 g/mol. The molecule has 0 aromatic carbocycles. The Bertz CT molecular complexity index is 624. The predicted octanol–water partition coefficient (Wildman–Crippen LogP) is 5.12. The molecule has 0 bridgehead atoms. The Morgan fingerprint density at radius 1 is 1.07 bits per heavy atom. The fourth-order valence-corrected chi connectivity index (χ4v) is 7.41. The number of ether oxygens (including phenoxy) is 3. The maximum Gasteiger partial charge on any atom is 0.302 e. The molecule has 28 heavy (non-hydrogen) atoms. The molecule has 4 aliphatic rings. The molecular weight excluding hydrogens is 352 g/mol. The highest BCUT2D eigenvalue weighted by Crippen LogP contribution is 2.65. The fourth-order valence-electron chi connectivity index (χ4n) is 7.41. The molecule has 0 N–H and O–H groups in total. The molecule has 0 aromatic rings. The zero-order valence-corrected chi connectivity index (χ0v) is 18.2. The first-order valence-corrected chi connectivity index (χ1v) is 11.3. The van der Waals surface area contributed by atoms with E-state index in [1.807, 2.05) is 0 Å². The first kappa shape index (κ1) is 20.4. The van der Waals surface area contributed by atoms with Gasteiger partial charge in [0.15, 0.2) is 5.79 Å². The van der Waals surface area contributed by atoms with Crippen molar-refractivity contribution in [2.24, 2.45) is 34.5 Å². The molecule has 0 radical (unpaired) electrons. The average Bonchev–Trinajstić information content (AvgIpc) is 3.24. The van der Waals surface area contributed by atoms with Crippen molar-refractivity contribution in [3.8, 4) is 0 Å². The van der Waals surface area contributed by atoms with Crippen molar-refractivity contribution in [1.82, 2.24) is 0 Å². The van der Waals surface area contributed by atoms with Gasteiger partial charge in [-0.2, -0.15) is 0 Å². The van der Waals surface area contributed by atoms with E-state index in [1.54, 1.807) is 6.92 Å². The van der Waals surface area contributed by atoms with Crippen molar-refractivity contribution in [2.75, 3.05) is 13.2 Å². The topological polar surface area (TPSA) is 44.8 Å². The van der Waals surface area contributed by atoms with Crippen LogP contribution in [0.5, 0.6) is 0 Å². The summed E-state index contributed by atoms with van der Waals surface area (Å²) in [7, 11) is 0. The lowest BCUT2D eigenvalue weighted by atomic mass is 9.51. The van der Waals surface area contributed by atoms with Gasteiger partial charge in [-0.05, 0) is 49.4 Å². The van der Waals surface area contributed by atoms with E-state index in [0.717, 1.165) is 31.6 Å². The van der Waals surface area contributed by atoms with Gasteiger partial charge in [-0.3, -0.25) is 4.79 Å². The number of allylic oxidation sites excluding steroid dienone is 1. The minimum Gasteiger partial charge on any atom is -0.462 e. The zero-order valence-electron chi connectivity index (χ0n) is 18.2. The SMILES string of the molecule is C=C[C@H]1C[C@@H](C)CC[C@]1(C)C1CC[C@@]2(C)C(CCC23OCCO3)[C@@H]1OC(C)=O. The van der Waals surface area contributed by atoms with Crippen LogP contribution in [0, 0.1) is 34.5 Å². The van der Waals surface area contributed by atoms with Crippen LogP contribution in [0.4, 0.5) is 0 Å². The lowest BCUT2D eigenvalue weighted by molar-refractivity contribution is -0.251. The van der Waals surface area contributed by atoms with E-state index in [4.69, 9.17) is 14.2 Å². The number of rotatable bonds is 3. The Morgan fingerprint density at radius 3 is 2.39 bits per heavy atom. The normalized spacial score (nSPS) is 47.6. The van der Waals surface area contributed by atoms with Gasteiger partial charge < -0.3 is 14.2 Å². The van der Waals surface area contributed by atoms with Crippen LogP contribution in [0.3, 0.4) is 0 Å². The van der Waals surface area contributed by atoms with E-state index in [9.17, 15) is 4.79 Å². The van der Waals surface area contributed by atoms with Crippen molar-refractivity contribution in [1.29, 1.82) is 0 Å². The quantitative estimate of drug-likeness (QED) is 0.496. The lowest BCUT2D eigenvalue weighted by Crippen LogP contribution is -2.57. The van der Waals surface area contributed by atoms with E-state index in [2.05, 4.69) is 33.4 Å². The molecule has 1 spiro atoms. The molecule has 7 atom stereocenters. The number of carbonyl (C=O) groups is 1. The number of fused-ring (bicyclic) bond motifs is 2. The van der Waals surface area contributed by atoms with Crippen molar-refractivity contribution < 1.29 is 19.0 Å². The average molecular weight is 391 g/mol. The van der Waals surface area contributed by atoms with Crippen LogP contribution < -0.4 is 0 Å². The molecule has 3 aliphatic carbocycles. The third kappa shape index (κ3) is 2.89. The number of carbonyl (C=O) groups excluding carboxylic acids is 1. The first-order chi connectivity index (χ1) is 13.3. The van der Waals surface area contributed by atoms with Gasteiger partial charge in [-0.15, -0.1) is 6.58 Å². The molecule has 4 heteroatoms. The summed E-state index contributed by atoms with van der Waals surface area (Å²) in [6.07, 6.45) is 9.83. The van der Waals surface area contributed by atoms with E-state index in [0.29, 0.717) is 31.0 Å². The summed E-state index contributed by atoms with van der Waals surface area (Å²) < 4.78 is 18.6. The van der Waals surface area contributed by atoms with Crippen LogP contribution in [0.2, 0.25) is 0 Å². The van der Waals surface area contributed by atoms with Crippen molar-refractivity contribution in [3.63, 3.8) is 0 Å². The van der Waals surface area contributed by atoms with Crippen molar-refractivity contribution in [2.45, 2.75) is 84.5 Å². The van der Waals surface area contributed by atoms with Gasteiger partial charge >= 0.3 is 5.97 Å². The molecule has 2 unspecified atom stereocenters. The molecule has 1 saturated heterocycles. The van der Waals surface area contributed by atoms with Crippen LogP contribution >= 0.6 is 0 Å². The van der Waals surface area contributed by atoms with Gasteiger partial charge in [0.1, 0.15) is 6.10 Å². The van der Waals surface area contributed by atoms with Crippen LogP contribution in [0.25, 0.3) is 0 Å². The summed E-state index contributed by atoms with van der Waals surface area (Å²) in [6, 6.07) is 0. The maximum absolute atomic E-state index is 12.1. The number of hydrogen-bond donors (Lipinski definition) is 0. The smallest absolute Gasteiger partial charge is 0.302 e. The minimum absolute atomic E-state index is 0.0516. The summed E-state index contributed by atoms with van der Waals surface area (Å²) in [5.41, 5.74) is 0.0605. The summed E-state index contributed by atoms with van der Waals surface area (Å²) in [4.78, 5) is 12.1. The molecule has 3 saturated carbocycles. The second kappa shape index (κ2) is 7.12. The van der Waals surface area contributed by atoms with Crippen LogP contribution in [0.15, 0.2) is 12.7 Å². The molecule has 4 rings (SSSR count). The third-order valence-corrected chi connectivity index (χ3v) is 9.11. The number of esters is 1. The van der Waals surface area contributed by atoms with Gasteiger partial charge in [0.05, 0.1) is 13.2 Å². The Labute approximate surface area is 170 Å². The lowest BCUT2D eigenvalue weighted by Gasteiger charge is -2.57. The zero-order chi connectivity index (χ0) is 20.2. The van der Waals surface area contributed by atoms with Crippen molar-refractivity contribution in [3.05, 3.63) is 12.7 Å². The summed E-state index contributed by atoms with van der Waals surface area (Å²) in [5, 5.41) is 0. The third-order valence-electron chi connectivity index (χ3n) is 9.11. The van der Waals surface area contributed by atoms with Gasteiger partial charge in [-0.1, -0.05) is 33.3 Å². The fraction of sp³-hybridized carbons (Fsp3) is 0.875. The molecule has 0 aromatic heterocycles. The Balaban J connectivity index is 1.68. The first-order valence-electron chi connectivity index (χ1n) is 11.3. The Hall–Kier alpha value is -0.870. The molecule has 4 nitrogen and oxygen atoms in total. The van der Waals surface area contributed by atoms with Gasteiger partial charge in [-0.25, -0.2) is 0 Å². The highest BCUT2D eigenvalue weighted by molar-refractivity contribution is 5.66. The second-order valence-corrected chi connectivity index (χ2v) is 10.5. The van der Waals surface area contributed by atoms with Gasteiger partial charge in [0.25, 0.3) is 0 Å². The highest BCUT2D eigenvalue weighted by atomic mass is 16.7. The predicted molar refractivity (Wildman–Crippen MR) is 109 cm³/mol. The molecule has 0 amide bonds. The van der Waals surface area contributed by atoms with Gasteiger partial charge in [0, 0.05) is 30.6 Å². The van der Waals surface area contributed by atoms with E-state index in [1.165, 1.54) is 19.3 Å². The standard InChI is InChI=1S/C24H38O4/c1-6-18-15-16(2)7-10-22(18,4)19-8-11-23(5)20(21(19)28-17(3)25)9-12-24(23)26-13-14-27-24/h6,16,18-21H,1,7-15H2,2-5H3/t16-,18-,19?,20?,21+,22-,23-/m0/s1. The summed E-state index contributed by atoms with van der Waals surface area (Å²) in [6.45, 7) is 14.2. The van der Waals surface area contributed by atoms with E-state index < -0.39 is 5.79 Å². The largest absolute Gasteiger partial charge is 0.462 e. The minimum atomic E-state index is -0.471. The van der Waals surface area contributed by atoms with Crippen LogP contribution in [-0.4, -0.2) is 31.1 Å². The van der Waals surface area contributed by atoms with Crippen LogP contribution in [-0.2, 0) is 19.0 Å². The van der Waals surface area contributed by atoms with Crippen LogP contribution in [0.1, 0.15) is 72.6 Å². The molecule has 4 fully saturated rings. The molecule has 158 valence electrons. The highest BCUT2D eigenvalue weighted by Gasteiger charge is 2.67. The van der Waals surface area contributed by atoms with E-state index in [-0.39, 0.29) is 22.9 Å². The summed E-state index contributed by atoms with van der Waals surface area (Å²) in [5.74, 6) is 1.28. The summed E-state index contributed by atoms with van der Waals surface area (Å²) >= 11 is 0. The Kier molecular flexibility index (Phi) is 5.19. The maximum atomic E-state index is 12.1. The number of hydrogen-bond acceptors (Lipinski definition) is 4. The molecule has 1 heterocycles. The second-order valence-electron chi connectivity index (χ2n) is 10.5. The Morgan fingerprint density at radius 2 is 1.75 bits per heavy atom. The van der Waals surface area contributed by atoms with Crippen molar-refractivity contribution >= 4 is 5.97 Å². The molecule has 1 aliphatic heterocycles.